The van der Waals surface area contributed by atoms with Crippen LogP contribution in [0.3, 0.4) is 0 Å². The molecule has 0 spiro atoms. The van der Waals surface area contributed by atoms with E-state index in [-0.39, 0.29) is 17.9 Å². The van der Waals surface area contributed by atoms with E-state index in [0.717, 1.165) is 31.5 Å². The number of carbonyl (C=O) groups excluding carboxylic acids is 2. The first-order valence-corrected chi connectivity index (χ1v) is 13.8. The van der Waals surface area contributed by atoms with Crippen molar-refractivity contribution in [3.63, 3.8) is 0 Å². The van der Waals surface area contributed by atoms with Crippen LogP contribution in [0.1, 0.15) is 42.2 Å². The molecule has 2 N–H and O–H groups in total. The number of aromatic nitrogens is 4. The predicted octanol–water partition coefficient (Wildman–Crippen LogP) is 4.52. The second-order valence-electron chi connectivity index (χ2n) is 10.2. The summed E-state index contributed by atoms with van der Waals surface area (Å²) in [6.45, 7) is 4.35. The minimum atomic E-state index is -0.516. The zero-order valence-corrected chi connectivity index (χ0v) is 23.0. The van der Waals surface area contributed by atoms with Crippen molar-refractivity contribution in [2.24, 2.45) is 5.92 Å². The average Bonchev–Trinajstić information content (AvgIpc) is 3.74. The van der Waals surface area contributed by atoms with Gasteiger partial charge in [0.15, 0.2) is 5.69 Å². The molecule has 0 bridgehead atoms. The van der Waals surface area contributed by atoms with Crippen molar-refractivity contribution >= 4 is 34.3 Å². The fourth-order valence-corrected chi connectivity index (χ4v) is 5.12. The molecular weight excluding hydrogens is 508 g/mol. The summed E-state index contributed by atoms with van der Waals surface area (Å²) < 4.78 is 14.4. The third-order valence-corrected chi connectivity index (χ3v) is 7.28. The predicted molar refractivity (Wildman–Crippen MR) is 153 cm³/mol. The van der Waals surface area contributed by atoms with Crippen molar-refractivity contribution in [2.45, 2.75) is 51.7 Å². The number of hydrogen-bond acceptors (Lipinski definition) is 7. The largest absolute Gasteiger partial charge is 0.464 e. The van der Waals surface area contributed by atoms with Gasteiger partial charge in [-0.15, -0.1) is 0 Å². The standard InChI is InChI=1S/C30H36N6O4/c1-21(11-16-35-14-7-13-32-35)33-24-18-25-26(34-29(37)23-12-17-40-20-23)27(30(38)39-2)36(28(25)31-19-24)15-6-10-22-8-4-3-5-9-22/h3-5,7-9,13-14,18-19,21,23,33H,6,10-12,15-17,20H2,1-2H3,(H,34,37)/t21-,23+/m1/s1. The van der Waals surface area contributed by atoms with Gasteiger partial charge in [-0.05, 0) is 50.3 Å². The number of anilines is 2. The van der Waals surface area contributed by atoms with E-state index in [1.165, 1.54) is 12.7 Å². The van der Waals surface area contributed by atoms with E-state index in [9.17, 15) is 9.59 Å². The molecule has 210 valence electrons. The quantitative estimate of drug-likeness (QED) is 0.252. The minimum Gasteiger partial charge on any atom is -0.464 e. The smallest absolute Gasteiger partial charge is 0.356 e. The third kappa shape index (κ3) is 6.34. The zero-order chi connectivity index (χ0) is 27.9. The molecule has 0 radical (unpaired) electrons. The molecule has 0 aliphatic carbocycles. The van der Waals surface area contributed by atoms with Crippen molar-refractivity contribution in [3.8, 4) is 0 Å². The molecular formula is C30H36N6O4. The van der Waals surface area contributed by atoms with Gasteiger partial charge in [0.05, 0.1) is 37.2 Å². The molecule has 4 heterocycles. The van der Waals surface area contributed by atoms with Crippen molar-refractivity contribution in [3.05, 3.63) is 72.3 Å². The summed E-state index contributed by atoms with van der Waals surface area (Å²) in [6.07, 6.45) is 8.63. The Morgan fingerprint density at radius 2 is 2.05 bits per heavy atom. The van der Waals surface area contributed by atoms with Crippen LogP contribution in [0.4, 0.5) is 11.4 Å². The van der Waals surface area contributed by atoms with Gasteiger partial charge in [-0.2, -0.15) is 5.10 Å². The first-order chi connectivity index (χ1) is 19.5. The first-order valence-electron chi connectivity index (χ1n) is 13.8. The second-order valence-corrected chi connectivity index (χ2v) is 10.2. The highest BCUT2D eigenvalue weighted by molar-refractivity contribution is 6.11. The number of aryl methyl sites for hydroxylation is 3. The molecule has 0 unspecified atom stereocenters. The summed E-state index contributed by atoms with van der Waals surface area (Å²) in [4.78, 5) is 31.1. The van der Waals surface area contributed by atoms with Crippen molar-refractivity contribution in [1.29, 1.82) is 0 Å². The van der Waals surface area contributed by atoms with Gasteiger partial charge in [-0.3, -0.25) is 9.48 Å². The molecule has 10 nitrogen and oxygen atoms in total. The van der Waals surface area contributed by atoms with Gasteiger partial charge in [-0.25, -0.2) is 9.78 Å². The van der Waals surface area contributed by atoms with Crippen LogP contribution in [0, 0.1) is 5.92 Å². The molecule has 3 aromatic heterocycles. The number of ether oxygens (including phenoxy) is 2. The highest BCUT2D eigenvalue weighted by Crippen LogP contribution is 2.34. The van der Waals surface area contributed by atoms with E-state index in [1.807, 2.05) is 45.8 Å². The fourth-order valence-electron chi connectivity index (χ4n) is 5.12. The summed E-state index contributed by atoms with van der Waals surface area (Å²) in [5, 5.41) is 11.5. The summed E-state index contributed by atoms with van der Waals surface area (Å²) in [6, 6.07) is 14.2. The lowest BCUT2D eigenvalue weighted by atomic mass is 10.1. The lowest BCUT2D eigenvalue weighted by Crippen LogP contribution is -2.24. The summed E-state index contributed by atoms with van der Waals surface area (Å²) >= 11 is 0. The number of rotatable bonds is 12. The normalized spacial score (nSPS) is 15.7. The average molecular weight is 545 g/mol. The summed E-state index contributed by atoms with van der Waals surface area (Å²) in [5.74, 6) is -0.951. The molecule has 1 saturated heterocycles. The Bertz CT molecular complexity index is 1430. The maximum absolute atomic E-state index is 13.2. The Hall–Kier alpha value is -4.18. The van der Waals surface area contributed by atoms with E-state index in [0.29, 0.717) is 48.6 Å². The van der Waals surface area contributed by atoms with Gasteiger partial charge in [0.25, 0.3) is 0 Å². The molecule has 4 aromatic rings. The Kier molecular flexibility index (Phi) is 8.75. The Morgan fingerprint density at radius 3 is 2.77 bits per heavy atom. The molecule has 1 aliphatic heterocycles. The van der Waals surface area contributed by atoms with E-state index >= 15 is 0 Å². The molecule has 40 heavy (non-hydrogen) atoms. The summed E-state index contributed by atoms with van der Waals surface area (Å²) in [5.41, 5.74) is 3.38. The molecule has 5 rings (SSSR count). The molecule has 2 atom stereocenters. The Labute approximate surface area is 233 Å². The van der Waals surface area contributed by atoms with E-state index < -0.39 is 5.97 Å². The Morgan fingerprint density at radius 1 is 1.20 bits per heavy atom. The zero-order valence-electron chi connectivity index (χ0n) is 23.0. The molecule has 1 amide bonds. The van der Waals surface area contributed by atoms with Crippen LogP contribution in [0.2, 0.25) is 0 Å². The van der Waals surface area contributed by atoms with Gasteiger partial charge in [0.1, 0.15) is 5.65 Å². The maximum atomic E-state index is 13.2. The number of carbonyl (C=O) groups is 2. The lowest BCUT2D eigenvalue weighted by Gasteiger charge is -2.15. The van der Waals surface area contributed by atoms with Crippen LogP contribution in [-0.4, -0.2) is 57.6 Å². The topological polar surface area (TPSA) is 112 Å². The van der Waals surface area contributed by atoms with Crippen LogP contribution in [0.25, 0.3) is 11.0 Å². The van der Waals surface area contributed by atoms with E-state index in [2.05, 4.69) is 34.8 Å². The second kappa shape index (κ2) is 12.8. The number of hydrogen-bond donors (Lipinski definition) is 2. The number of pyridine rings is 1. The SMILES string of the molecule is COC(=O)c1c(NC(=O)[C@H]2CCOC2)c2cc(N[C@H](C)CCn3cccn3)cnc2n1CCCc1ccccc1. The maximum Gasteiger partial charge on any atom is 0.356 e. The number of methoxy groups -OCH3 is 1. The Balaban J connectivity index is 1.45. The fraction of sp³-hybridized carbons (Fsp3) is 0.400. The number of fused-ring (bicyclic) bond motifs is 1. The van der Waals surface area contributed by atoms with Gasteiger partial charge in [-0.1, -0.05) is 30.3 Å². The monoisotopic (exact) mass is 544 g/mol. The van der Waals surface area contributed by atoms with Crippen LogP contribution in [0.15, 0.2) is 61.1 Å². The number of nitrogens with one attached hydrogen (secondary N) is 2. The highest BCUT2D eigenvalue weighted by Gasteiger charge is 2.30. The summed E-state index contributed by atoms with van der Waals surface area (Å²) in [7, 11) is 1.35. The van der Waals surface area contributed by atoms with Crippen molar-refractivity contribution < 1.29 is 19.1 Å². The molecule has 10 heteroatoms. The van der Waals surface area contributed by atoms with Crippen LogP contribution in [0.5, 0.6) is 0 Å². The van der Waals surface area contributed by atoms with Gasteiger partial charge in [0, 0.05) is 43.5 Å². The lowest BCUT2D eigenvalue weighted by molar-refractivity contribution is -0.119. The highest BCUT2D eigenvalue weighted by atomic mass is 16.5. The van der Waals surface area contributed by atoms with E-state index in [1.54, 1.807) is 12.4 Å². The van der Waals surface area contributed by atoms with Crippen molar-refractivity contribution in [1.82, 2.24) is 19.3 Å². The van der Waals surface area contributed by atoms with E-state index in [4.69, 9.17) is 14.5 Å². The minimum absolute atomic E-state index is 0.144. The van der Waals surface area contributed by atoms with Crippen LogP contribution < -0.4 is 10.6 Å². The van der Waals surface area contributed by atoms with Gasteiger partial charge >= 0.3 is 5.97 Å². The van der Waals surface area contributed by atoms with Crippen molar-refractivity contribution in [2.75, 3.05) is 31.0 Å². The number of esters is 1. The third-order valence-electron chi connectivity index (χ3n) is 7.28. The van der Waals surface area contributed by atoms with Crippen LogP contribution >= 0.6 is 0 Å². The molecule has 1 aliphatic rings. The molecule has 1 fully saturated rings. The number of amides is 1. The van der Waals surface area contributed by atoms with Gasteiger partial charge in [0.2, 0.25) is 5.91 Å². The first kappa shape index (κ1) is 27.4. The molecule has 0 saturated carbocycles. The number of benzene rings is 1. The van der Waals surface area contributed by atoms with Crippen LogP contribution in [-0.2, 0) is 33.8 Å². The number of nitrogens with zero attached hydrogens (tertiary/aromatic N) is 4. The van der Waals surface area contributed by atoms with Gasteiger partial charge < -0.3 is 24.7 Å². The molecule has 1 aromatic carbocycles.